The summed E-state index contributed by atoms with van der Waals surface area (Å²) in [5.74, 6) is 1.05. The Bertz CT molecular complexity index is 834. The Labute approximate surface area is 161 Å². The molecule has 0 saturated heterocycles. The normalized spacial score (nSPS) is 11.5. The van der Waals surface area contributed by atoms with Gasteiger partial charge < -0.3 is 15.6 Å². The Morgan fingerprint density at radius 2 is 1.78 bits per heavy atom. The fourth-order valence-electron chi connectivity index (χ4n) is 3.03. The van der Waals surface area contributed by atoms with Crippen molar-refractivity contribution < 1.29 is 14.6 Å². The van der Waals surface area contributed by atoms with E-state index >= 15 is 0 Å². The predicted molar refractivity (Wildman–Crippen MR) is 112 cm³/mol. The van der Waals surface area contributed by atoms with Crippen LogP contribution in [0.3, 0.4) is 0 Å². The van der Waals surface area contributed by atoms with E-state index < -0.39 is 0 Å². The van der Waals surface area contributed by atoms with Gasteiger partial charge in [-0.3, -0.25) is 4.79 Å². The van der Waals surface area contributed by atoms with E-state index in [9.17, 15) is 9.90 Å². The smallest absolute Gasteiger partial charge is 0.185 e. The number of benzene rings is 2. The van der Waals surface area contributed by atoms with Gasteiger partial charge in [0.1, 0.15) is 11.5 Å². The number of rotatable bonds is 7. The molecule has 2 aromatic rings. The zero-order valence-electron chi connectivity index (χ0n) is 16.7. The van der Waals surface area contributed by atoms with E-state index in [0.717, 1.165) is 16.7 Å². The summed E-state index contributed by atoms with van der Waals surface area (Å²) in [6, 6.07) is 8.74. The molecule has 0 fully saturated rings. The van der Waals surface area contributed by atoms with Crippen LogP contribution in [0.15, 0.2) is 36.4 Å². The third-order valence-electron chi connectivity index (χ3n) is 4.44. The molecule has 0 amide bonds. The van der Waals surface area contributed by atoms with Gasteiger partial charge in [-0.1, -0.05) is 27.7 Å². The largest absolute Gasteiger partial charge is 0.507 e. The number of nitrogen functional groups attached to an aromatic ring is 1. The van der Waals surface area contributed by atoms with Crippen molar-refractivity contribution in [3.8, 4) is 11.5 Å². The fourth-order valence-corrected chi connectivity index (χ4v) is 3.03. The molecule has 0 unspecified atom stereocenters. The van der Waals surface area contributed by atoms with Crippen LogP contribution in [0, 0.1) is 0 Å². The highest BCUT2D eigenvalue weighted by molar-refractivity contribution is 6.07. The van der Waals surface area contributed by atoms with Crippen LogP contribution >= 0.6 is 0 Å². The number of phenols is 1. The molecule has 0 aromatic heterocycles. The molecule has 144 valence electrons. The summed E-state index contributed by atoms with van der Waals surface area (Å²) in [6.07, 6.45) is 3.30. The SMILES string of the molecule is CCOc1c(/C=C/C(=O)c2ccc(N)cc2)cc(C(C)C)c(O)c1C(C)C. The van der Waals surface area contributed by atoms with Crippen LogP contribution in [-0.2, 0) is 0 Å². The van der Waals surface area contributed by atoms with E-state index in [1.807, 2.05) is 40.7 Å². The van der Waals surface area contributed by atoms with Crippen molar-refractivity contribution >= 4 is 17.5 Å². The Morgan fingerprint density at radius 1 is 1.15 bits per heavy atom. The number of allylic oxidation sites excluding steroid dienone is 1. The average molecular weight is 367 g/mol. The lowest BCUT2D eigenvalue weighted by molar-refractivity contribution is 0.104. The molecule has 3 N–H and O–H groups in total. The Morgan fingerprint density at radius 3 is 2.30 bits per heavy atom. The molecule has 0 heterocycles. The van der Waals surface area contributed by atoms with Crippen molar-refractivity contribution in [3.05, 3.63) is 58.7 Å². The van der Waals surface area contributed by atoms with Crippen molar-refractivity contribution in [2.45, 2.75) is 46.5 Å². The monoisotopic (exact) mass is 367 g/mol. The van der Waals surface area contributed by atoms with Crippen LogP contribution < -0.4 is 10.5 Å². The highest BCUT2D eigenvalue weighted by Crippen LogP contribution is 2.43. The van der Waals surface area contributed by atoms with E-state index in [2.05, 4.69) is 0 Å². The molecule has 4 nitrogen and oxygen atoms in total. The standard InChI is InChI=1S/C23H29NO3/c1-6-27-23-17(9-12-20(25)16-7-10-18(24)11-8-16)13-19(14(2)3)22(26)21(23)15(4)5/h7-15,26H,6,24H2,1-5H3/b12-9+. The summed E-state index contributed by atoms with van der Waals surface area (Å²) < 4.78 is 5.86. The maximum atomic E-state index is 12.5. The Balaban J connectivity index is 2.53. The number of hydrogen-bond donors (Lipinski definition) is 2. The van der Waals surface area contributed by atoms with Gasteiger partial charge >= 0.3 is 0 Å². The molecule has 0 spiro atoms. The van der Waals surface area contributed by atoms with Crippen molar-refractivity contribution in [1.29, 1.82) is 0 Å². The lowest BCUT2D eigenvalue weighted by atomic mass is 9.90. The summed E-state index contributed by atoms with van der Waals surface area (Å²) in [4.78, 5) is 12.5. The summed E-state index contributed by atoms with van der Waals surface area (Å²) in [5, 5.41) is 10.8. The third-order valence-corrected chi connectivity index (χ3v) is 4.44. The topological polar surface area (TPSA) is 72.5 Å². The van der Waals surface area contributed by atoms with E-state index in [0.29, 0.717) is 23.6 Å². The van der Waals surface area contributed by atoms with E-state index in [4.69, 9.17) is 10.5 Å². The van der Waals surface area contributed by atoms with Crippen molar-refractivity contribution in [2.75, 3.05) is 12.3 Å². The summed E-state index contributed by atoms with van der Waals surface area (Å²) in [5.41, 5.74) is 9.30. The zero-order chi connectivity index (χ0) is 20.1. The summed E-state index contributed by atoms with van der Waals surface area (Å²) in [7, 11) is 0. The highest BCUT2D eigenvalue weighted by Gasteiger charge is 2.21. The molecule has 2 aromatic carbocycles. The van der Waals surface area contributed by atoms with Gasteiger partial charge in [-0.15, -0.1) is 0 Å². The Hall–Kier alpha value is -2.75. The van der Waals surface area contributed by atoms with Crippen LogP contribution in [0.4, 0.5) is 5.69 Å². The molecular weight excluding hydrogens is 338 g/mol. The number of ketones is 1. The van der Waals surface area contributed by atoms with Gasteiger partial charge in [0.2, 0.25) is 0 Å². The molecule has 27 heavy (non-hydrogen) atoms. The molecule has 0 bridgehead atoms. The molecule has 0 atom stereocenters. The van der Waals surface area contributed by atoms with Gasteiger partial charge in [-0.2, -0.15) is 0 Å². The number of anilines is 1. The van der Waals surface area contributed by atoms with Crippen LogP contribution in [0.1, 0.15) is 73.5 Å². The van der Waals surface area contributed by atoms with Gasteiger partial charge in [0.25, 0.3) is 0 Å². The molecule has 2 rings (SSSR count). The minimum atomic E-state index is -0.109. The molecule has 0 aliphatic heterocycles. The first-order valence-electron chi connectivity index (χ1n) is 9.36. The van der Waals surface area contributed by atoms with Crippen LogP contribution in [-0.4, -0.2) is 17.5 Å². The van der Waals surface area contributed by atoms with Gasteiger partial charge in [0.15, 0.2) is 5.78 Å². The minimum absolute atomic E-state index is 0.0881. The van der Waals surface area contributed by atoms with Gasteiger partial charge in [-0.25, -0.2) is 0 Å². The molecule has 0 aliphatic carbocycles. The number of carbonyl (C=O) groups is 1. The molecule has 0 aliphatic rings. The van der Waals surface area contributed by atoms with E-state index in [-0.39, 0.29) is 23.4 Å². The van der Waals surface area contributed by atoms with Crippen molar-refractivity contribution in [3.63, 3.8) is 0 Å². The summed E-state index contributed by atoms with van der Waals surface area (Å²) in [6.45, 7) is 10.5. The van der Waals surface area contributed by atoms with Gasteiger partial charge in [-0.05, 0) is 66.8 Å². The second kappa shape index (κ2) is 8.76. The fraction of sp³-hybridized carbons (Fsp3) is 0.348. The lowest BCUT2D eigenvalue weighted by Gasteiger charge is -2.21. The number of phenolic OH excluding ortho intramolecular Hbond substituents is 1. The first kappa shape index (κ1) is 20.6. The molecular formula is C23H29NO3. The average Bonchev–Trinajstić information content (AvgIpc) is 2.61. The minimum Gasteiger partial charge on any atom is -0.507 e. The second-order valence-electron chi connectivity index (χ2n) is 7.21. The summed E-state index contributed by atoms with van der Waals surface area (Å²) >= 11 is 0. The maximum absolute atomic E-state index is 12.5. The molecule has 4 heteroatoms. The number of nitrogens with two attached hydrogens (primary N) is 1. The highest BCUT2D eigenvalue weighted by atomic mass is 16.5. The number of hydrogen-bond acceptors (Lipinski definition) is 4. The van der Waals surface area contributed by atoms with Gasteiger partial charge in [0, 0.05) is 22.4 Å². The third kappa shape index (κ3) is 4.70. The molecule has 0 radical (unpaired) electrons. The molecule has 0 saturated carbocycles. The van der Waals surface area contributed by atoms with Crippen LogP contribution in [0.2, 0.25) is 0 Å². The maximum Gasteiger partial charge on any atom is 0.185 e. The first-order valence-corrected chi connectivity index (χ1v) is 9.36. The van der Waals surface area contributed by atoms with Crippen LogP contribution in [0.25, 0.3) is 6.08 Å². The van der Waals surface area contributed by atoms with Crippen LogP contribution in [0.5, 0.6) is 11.5 Å². The number of ether oxygens (including phenoxy) is 1. The Kier molecular flexibility index (Phi) is 6.67. The number of carbonyl (C=O) groups excluding carboxylic acids is 1. The van der Waals surface area contributed by atoms with Crippen molar-refractivity contribution in [2.24, 2.45) is 0 Å². The van der Waals surface area contributed by atoms with Crippen molar-refractivity contribution in [1.82, 2.24) is 0 Å². The second-order valence-corrected chi connectivity index (χ2v) is 7.21. The van der Waals surface area contributed by atoms with Gasteiger partial charge in [0.05, 0.1) is 6.61 Å². The predicted octanol–water partition coefficient (Wildman–Crippen LogP) is 5.52. The first-order chi connectivity index (χ1) is 12.8. The van der Waals surface area contributed by atoms with E-state index in [1.165, 1.54) is 6.08 Å². The quantitative estimate of drug-likeness (QED) is 0.384. The lowest BCUT2D eigenvalue weighted by Crippen LogP contribution is -2.04. The van der Waals surface area contributed by atoms with E-state index in [1.54, 1.807) is 30.3 Å². The number of aromatic hydroxyl groups is 1. The zero-order valence-corrected chi connectivity index (χ0v) is 16.7.